The van der Waals surface area contributed by atoms with Crippen LogP contribution in [-0.2, 0) is 4.74 Å². The summed E-state index contributed by atoms with van der Waals surface area (Å²) in [6.45, 7) is 1.15. The summed E-state index contributed by atoms with van der Waals surface area (Å²) in [5, 5.41) is 0. The first kappa shape index (κ1) is 9.86. The number of rotatable bonds is 5. The molecule has 0 fully saturated rings. The van der Waals surface area contributed by atoms with Crippen LogP contribution in [0.2, 0.25) is 0 Å². The summed E-state index contributed by atoms with van der Waals surface area (Å²) in [4.78, 5) is 0. The van der Waals surface area contributed by atoms with Crippen LogP contribution in [-0.4, -0.2) is 27.4 Å². The minimum atomic E-state index is 0.559. The number of hydrogen-bond donors (Lipinski definition) is 0. The van der Waals surface area contributed by atoms with Gasteiger partial charge in [-0.2, -0.15) is 0 Å². The van der Waals surface area contributed by atoms with Crippen LogP contribution in [0.5, 0.6) is 11.5 Å². The maximum atomic E-state index is 5.38. The molecule has 0 aliphatic rings. The summed E-state index contributed by atoms with van der Waals surface area (Å²) in [6, 6.07) is 7.50. The number of benzene rings is 1. The van der Waals surface area contributed by atoms with E-state index in [9.17, 15) is 0 Å². The highest BCUT2D eigenvalue weighted by atomic mass is 16.5. The van der Waals surface area contributed by atoms with Gasteiger partial charge in [0, 0.05) is 13.2 Å². The van der Waals surface area contributed by atoms with Crippen molar-refractivity contribution in [3.8, 4) is 11.5 Å². The third-order valence-corrected chi connectivity index (χ3v) is 1.60. The molecule has 3 heteroatoms. The highest BCUT2D eigenvalue weighted by molar-refractivity contribution is 5.32. The molecule has 0 aromatic heterocycles. The van der Waals surface area contributed by atoms with E-state index in [1.54, 1.807) is 14.2 Å². The molecule has 0 aliphatic heterocycles. The van der Waals surface area contributed by atoms with Crippen LogP contribution in [0.3, 0.4) is 0 Å². The van der Waals surface area contributed by atoms with E-state index < -0.39 is 0 Å². The Bertz CT molecular complexity index is 248. The van der Waals surface area contributed by atoms with Crippen molar-refractivity contribution in [3.05, 3.63) is 24.3 Å². The van der Waals surface area contributed by atoms with Gasteiger partial charge in [0.25, 0.3) is 0 Å². The standard InChI is InChI=1S/C10H14O3/c1-11-6-7-13-10-5-3-4-9(8-10)12-2/h3-5,8H,6-7H2,1-2H3. The molecule has 1 aromatic carbocycles. The minimum Gasteiger partial charge on any atom is -0.497 e. The maximum absolute atomic E-state index is 5.38. The predicted molar refractivity (Wildman–Crippen MR) is 50.4 cm³/mol. The van der Waals surface area contributed by atoms with Crippen molar-refractivity contribution < 1.29 is 14.2 Å². The molecule has 72 valence electrons. The van der Waals surface area contributed by atoms with Gasteiger partial charge in [0.1, 0.15) is 18.1 Å². The Kier molecular flexibility index (Phi) is 4.12. The van der Waals surface area contributed by atoms with Gasteiger partial charge in [-0.25, -0.2) is 0 Å². The van der Waals surface area contributed by atoms with E-state index in [1.807, 2.05) is 24.3 Å². The van der Waals surface area contributed by atoms with Crippen LogP contribution in [0.25, 0.3) is 0 Å². The third-order valence-electron chi connectivity index (χ3n) is 1.60. The zero-order valence-corrected chi connectivity index (χ0v) is 7.95. The molecule has 0 aliphatic carbocycles. The molecule has 1 rings (SSSR count). The Morgan fingerprint density at radius 1 is 1.08 bits per heavy atom. The van der Waals surface area contributed by atoms with Crippen molar-refractivity contribution in [3.63, 3.8) is 0 Å². The van der Waals surface area contributed by atoms with Crippen LogP contribution in [0, 0.1) is 0 Å². The van der Waals surface area contributed by atoms with E-state index >= 15 is 0 Å². The van der Waals surface area contributed by atoms with Gasteiger partial charge in [-0.1, -0.05) is 6.07 Å². The molecular weight excluding hydrogens is 168 g/mol. The fourth-order valence-electron chi connectivity index (χ4n) is 0.934. The SMILES string of the molecule is COCCOc1cccc(OC)c1. The minimum absolute atomic E-state index is 0.559. The van der Waals surface area contributed by atoms with Crippen molar-refractivity contribution in [1.29, 1.82) is 0 Å². The van der Waals surface area contributed by atoms with Crippen molar-refractivity contribution in [2.75, 3.05) is 27.4 Å². The molecule has 0 bridgehead atoms. The molecule has 0 heterocycles. The Morgan fingerprint density at radius 3 is 2.54 bits per heavy atom. The summed E-state index contributed by atoms with van der Waals surface area (Å²) in [5.74, 6) is 1.60. The molecule has 13 heavy (non-hydrogen) atoms. The van der Waals surface area contributed by atoms with Crippen LogP contribution < -0.4 is 9.47 Å². The molecule has 0 atom stereocenters. The van der Waals surface area contributed by atoms with Crippen LogP contribution >= 0.6 is 0 Å². The van der Waals surface area contributed by atoms with Crippen molar-refractivity contribution >= 4 is 0 Å². The molecule has 0 saturated heterocycles. The maximum Gasteiger partial charge on any atom is 0.123 e. The molecule has 0 unspecified atom stereocenters. The first-order chi connectivity index (χ1) is 6.36. The Balaban J connectivity index is 2.46. The van der Waals surface area contributed by atoms with E-state index in [0.717, 1.165) is 11.5 Å². The summed E-state index contributed by atoms with van der Waals surface area (Å²) >= 11 is 0. The number of ether oxygens (including phenoxy) is 3. The van der Waals surface area contributed by atoms with Crippen LogP contribution in [0.15, 0.2) is 24.3 Å². The van der Waals surface area contributed by atoms with Gasteiger partial charge in [0.15, 0.2) is 0 Å². The van der Waals surface area contributed by atoms with Gasteiger partial charge in [-0.3, -0.25) is 0 Å². The van der Waals surface area contributed by atoms with Gasteiger partial charge < -0.3 is 14.2 Å². The second kappa shape index (κ2) is 5.43. The summed E-state index contributed by atoms with van der Waals surface area (Å²) in [5.41, 5.74) is 0. The number of methoxy groups -OCH3 is 2. The monoisotopic (exact) mass is 182 g/mol. The van der Waals surface area contributed by atoms with E-state index in [-0.39, 0.29) is 0 Å². The molecule has 0 N–H and O–H groups in total. The summed E-state index contributed by atoms with van der Waals surface area (Å²) in [7, 11) is 3.28. The molecule has 1 aromatic rings. The first-order valence-electron chi connectivity index (χ1n) is 4.12. The van der Waals surface area contributed by atoms with Gasteiger partial charge in [-0.05, 0) is 12.1 Å². The molecule has 0 saturated carbocycles. The van der Waals surface area contributed by atoms with Gasteiger partial charge in [0.2, 0.25) is 0 Å². The fraction of sp³-hybridized carbons (Fsp3) is 0.400. The highest BCUT2D eigenvalue weighted by Gasteiger charge is 1.95. The number of hydrogen-bond acceptors (Lipinski definition) is 3. The Hall–Kier alpha value is -1.22. The van der Waals surface area contributed by atoms with Gasteiger partial charge in [0.05, 0.1) is 13.7 Å². The normalized spacial score (nSPS) is 9.69. The topological polar surface area (TPSA) is 27.7 Å². The van der Waals surface area contributed by atoms with Crippen LogP contribution in [0.4, 0.5) is 0 Å². The van der Waals surface area contributed by atoms with Crippen molar-refractivity contribution in [2.24, 2.45) is 0 Å². The smallest absolute Gasteiger partial charge is 0.123 e. The first-order valence-corrected chi connectivity index (χ1v) is 4.12. The van der Waals surface area contributed by atoms with Crippen molar-refractivity contribution in [2.45, 2.75) is 0 Å². The van der Waals surface area contributed by atoms with Crippen LogP contribution in [0.1, 0.15) is 0 Å². The van der Waals surface area contributed by atoms with E-state index in [0.29, 0.717) is 13.2 Å². The lowest BCUT2D eigenvalue weighted by atomic mass is 10.3. The van der Waals surface area contributed by atoms with Gasteiger partial charge >= 0.3 is 0 Å². The van der Waals surface area contributed by atoms with E-state index in [2.05, 4.69) is 0 Å². The fourth-order valence-corrected chi connectivity index (χ4v) is 0.934. The molecule has 0 radical (unpaired) electrons. The largest absolute Gasteiger partial charge is 0.497 e. The van der Waals surface area contributed by atoms with Gasteiger partial charge in [-0.15, -0.1) is 0 Å². The zero-order chi connectivity index (χ0) is 9.52. The lowest BCUT2D eigenvalue weighted by Crippen LogP contribution is -2.04. The second-order valence-corrected chi connectivity index (χ2v) is 2.52. The van der Waals surface area contributed by atoms with Crippen molar-refractivity contribution in [1.82, 2.24) is 0 Å². The average Bonchev–Trinajstić information content (AvgIpc) is 2.19. The van der Waals surface area contributed by atoms with E-state index in [4.69, 9.17) is 14.2 Å². The molecule has 3 nitrogen and oxygen atoms in total. The zero-order valence-electron chi connectivity index (χ0n) is 7.95. The highest BCUT2D eigenvalue weighted by Crippen LogP contribution is 2.18. The van der Waals surface area contributed by atoms with E-state index in [1.165, 1.54) is 0 Å². The average molecular weight is 182 g/mol. The summed E-state index contributed by atoms with van der Waals surface area (Å²) < 4.78 is 15.3. The Morgan fingerprint density at radius 2 is 1.85 bits per heavy atom. The molecule has 0 amide bonds. The molecular formula is C10H14O3. The Labute approximate surface area is 78.2 Å². The lowest BCUT2D eigenvalue weighted by molar-refractivity contribution is 0.146. The third kappa shape index (κ3) is 3.34. The predicted octanol–water partition coefficient (Wildman–Crippen LogP) is 1.72. The molecule has 0 spiro atoms. The quantitative estimate of drug-likeness (QED) is 0.649. The summed E-state index contributed by atoms with van der Waals surface area (Å²) in [6.07, 6.45) is 0. The lowest BCUT2D eigenvalue weighted by Gasteiger charge is -2.06. The second-order valence-electron chi connectivity index (χ2n) is 2.52.